The summed E-state index contributed by atoms with van der Waals surface area (Å²) in [4.78, 5) is 26.2. The quantitative estimate of drug-likeness (QED) is 0.596. The largest absolute Gasteiger partial charge is 0.351 e. The average Bonchev–Trinajstić information content (AvgIpc) is 2.65. The molecule has 0 fully saturated rings. The van der Waals surface area contributed by atoms with Gasteiger partial charge in [-0.1, -0.05) is 27.2 Å². The van der Waals surface area contributed by atoms with Crippen LogP contribution < -0.4 is 10.7 Å². The van der Waals surface area contributed by atoms with E-state index in [4.69, 9.17) is 0 Å². The van der Waals surface area contributed by atoms with E-state index >= 15 is 0 Å². The van der Waals surface area contributed by atoms with E-state index in [0.29, 0.717) is 12.0 Å². The van der Waals surface area contributed by atoms with E-state index in [-0.39, 0.29) is 16.9 Å². The fourth-order valence-electron chi connectivity index (χ4n) is 3.49. The number of pyridine rings is 1. The molecule has 0 saturated carbocycles. The summed E-state index contributed by atoms with van der Waals surface area (Å²) in [7, 11) is 1.93. The maximum Gasteiger partial charge on any atom is 0.261 e. The first-order chi connectivity index (χ1) is 12.8. The highest BCUT2D eigenvalue weighted by Crippen LogP contribution is 2.26. The Morgan fingerprint density at radius 2 is 1.67 bits per heavy atom. The van der Waals surface area contributed by atoms with Gasteiger partial charge in [0.15, 0.2) is 5.43 Å². The van der Waals surface area contributed by atoms with Gasteiger partial charge >= 0.3 is 0 Å². The van der Waals surface area contributed by atoms with E-state index in [0.717, 1.165) is 51.0 Å². The minimum atomic E-state index is -0.298. The third-order valence-corrected chi connectivity index (χ3v) is 5.91. The van der Waals surface area contributed by atoms with E-state index in [1.54, 1.807) is 6.92 Å². The van der Waals surface area contributed by atoms with Crippen LogP contribution in [-0.2, 0) is 26.3 Å². The van der Waals surface area contributed by atoms with Crippen LogP contribution in [0.2, 0.25) is 0 Å². The highest BCUT2D eigenvalue weighted by Gasteiger charge is 2.22. The smallest absolute Gasteiger partial charge is 0.261 e. The summed E-state index contributed by atoms with van der Waals surface area (Å²) in [6.07, 6.45) is 3.22. The zero-order chi connectivity index (χ0) is 20.3. The van der Waals surface area contributed by atoms with Gasteiger partial charge in [0.25, 0.3) is 5.91 Å². The van der Waals surface area contributed by atoms with Crippen molar-refractivity contribution in [2.45, 2.75) is 60.3 Å². The molecule has 0 radical (unpaired) electrons. The maximum atomic E-state index is 13.2. The summed E-state index contributed by atoms with van der Waals surface area (Å²) in [5, 5.41) is 3.08. The molecule has 2 rings (SSSR count). The van der Waals surface area contributed by atoms with Crippen LogP contribution in [0.4, 0.5) is 5.69 Å². The van der Waals surface area contributed by atoms with Crippen LogP contribution in [0.15, 0.2) is 16.9 Å². The molecule has 0 aliphatic carbocycles. The molecule has 1 aromatic heterocycles. The number of anilines is 1. The van der Waals surface area contributed by atoms with E-state index < -0.39 is 0 Å². The van der Waals surface area contributed by atoms with Crippen molar-refractivity contribution in [3.8, 4) is 0 Å². The minimum absolute atomic E-state index is 0.159. The highest BCUT2D eigenvalue weighted by atomic mass is 127. The van der Waals surface area contributed by atoms with Crippen molar-refractivity contribution >= 4 is 34.2 Å². The van der Waals surface area contributed by atoms with Gasteiger partial charge in [0, 0.05) is 33.3 Å². The number of aromatic nitrogens is 1. The SMILES string of the molecule is CCCc1c(C(=O)Nc2c(CC)cc(I)cc2CC)c(=O)c(C)c(C)n1C. The maximum absolute atomic E-state index is 13.2. The van der Waals surface area contributed by atoms with Crippen molar-refractivity contribution in [2.75, 3.05) is 5.32 Å². The van der Waals surface area contributed by atoms with Gasteiger partial charge in [-0.05, 0) is 79.0 Å². The van der Waals surface area contributed by atoms with E-state index in [1.165, 1.54) is 0 Å². The lowest BCUT2D eigenvalue weighted by Gasteiger charge is -2.20. The van der Waals surface area contributed by atoms with Gasteiger partial charge in [0.1, 0.15) is 5.56 Å². The van der Waals surface area contributed by atoms with Crippen LogP contribution in [0.3, 0.4) is 0 Å². The number of nitrogens with one attached hydrogen (secondary N) is 1. The summed E-state index contributed by atoms with van der Waals surface area (Å²) in [5.41, 5.74) is 5.54. The van der Waals surface area contributed by atoms with Gasteiger partial charge < -0.3 is 9.88 Å². The summed E-state index contributed by atoms with van der Waals surface area (Å²) < 4.78 is 3.15. The van der Waals surface area contributed by atoms with E-state index in [2.05, 4.69) is 60.8 Å². The Morgan fingerprint density at radius 1 is 1.11 bits per heavy atom. The monoisotopic (exact) mass is 480 g/mol. The molecule has 146 valence electrons. The predicted octanol–water partition coefficient (Wildman–Crippen LogP) is 4.94. The Hall–Kier alpha value is -1.63. The van der Waals surface area contributed by atoms with Gasteiger partial charge in [-0.3, -0.25) is 9.59 Å². The highest BCUT2D eigenvalue weighted by molar-refractivity contribution is 14.1. The molecule has 0 saturated heterocycles. The van der Waals surface area contributed by atoms with Crippen LogP contribution in [-0.4, -0.2) is 10.5 Å². The fourth-order valence-corrected chi connectivity index (χ4v) is 4.24. The van der Waals surface area contributed by atoms with Gasteiger partial charge in [-0.15, -0.1) is 0 Å². The van der Waals surface area contributed by atoms with E-state index in [1.807, 2.05) is 18.5 Å². The number of aryl methyl sites for hydroxylation is 2. The molecule has 2 aromatic rings. The molecule has 1 amide bonds. The van der Waals surface area contributed by atoms with Crippen molar-refractivity contribution < 1.29 is 4.79 Å². The molecule has 1 heterocycles. The Balaban J connectivity index is 2.63. The average molecular weight is 480 g/mol. The lowest BCUT2D eigenvalue weighted by Crippen LogP contribution is -2.30. The van der Waals surface area contributed by atoms with Crippen LogP contribution in [0.25, 0.3) is 0 Å². The predicted molar refractivity (Wildman–Crippen MR) is 121 cm³/mol. The number of carbonyl (C=O) groups is 1. The molecule has 1 aromatic carbocycles. The molecule has 0 unspecified atom stereocenters. The van der Waals surface area contributed by atoms with Gasteiger partial charge in [0.2, 0.25) is 0 Å². The molecule has 1 N–H and O–H groups in total. The zero-order valence-electron chi connectivity index (χ0n) is 17.1. The second-order valence-corrected chi connectivity index (χ2v) is 8.18. The Bertz CT molecular complexity index is 904. The minimum Gasteiger partial charge on any atom is -0.351 e. The number of benzene rings is 1. The summed E-state index contributed by atoms with van der Waals surface area (Å²) in [5.74, 6) is -0.298. The molecule has 0 aliphatic rings. The number of halogens is 1. The molecular formula is C22H29IN2O2. The van der Waals surface area contributed by atoms with Crippen molar-refractivity contribution in [2.24, 2.45) is 7.05 Å². The summed E-state index contributed by atoms with van der Waals surface area (Å²) in [6.45, 7) is 9.95. The number of hydrogen-bond donors (Lipinski definition) is 1. The first-order valence-corrected chi connectivity index (χ1v) is 10.7. The van der Waals surface area contributed by atoms with Crippen LogP contribution in [0.5, 0.6) is 0 Å². The third kappa shape index (κ3) is 4.28. The van der Waals surface area contributed by atoms with Gasteiger partial charge in [-0.25, -0.2) is 0 Å². The first kappa shape index (κ1) is 21.7. The number of nitrogens with zero attached hydrogens (tertiary/aromatic N) is 1. The standard InChI is InChI=1S/C22H29IN2O2/c1-7-10-18-19(21(26)13(4)14(5)25(18)6)22(27)24-20-15(8-2)11-17(23)12-16(20)9-3/h11-12H,7-10H2,1-6H3,(H,24,27). The lowest BCUT2D eigenvalue weighted by atomic mass is 10.0. The zero-order valence-corrected chi connectivity index (χ0v) is 19.3. The normalized spacial score (nSPS) is 10.9. The van der Waals surface area contributed by atoms with Crippen LogP contribution in [0.1, 0.15) is 65.6 Å². The number of hydrogen-bond acceptors (Lipinski definition) is 2. The number of rotatable bonds is 6. The molecule has 0 atom stereocenters. The number of carbonyl (C=O) groups excluding carboxylic acids is 1. The Kier molecular flexibility index (Phi) is 7.25. The van der Waals surface area contributed by atoms with E-state index in [9.17, 15) is 9.59 Å². The molecular weight excluding hydrogens is 451 g/mol. The molecule has 0 bridgehead atoms. The number of amides is 1. The van der Waals surface area contributed by atoms with Crippen molar-refractivity contribution in [1.29, 1.82) is 0 Å². The summed E-state index contributed by atoms with van der Waals surface area (Å²) in [6, 6.07) is 4.20. The lowest BCUT2D eigenvalue weighted by molar-refractivity contribution is 0.102. The second-order valence-electron chi connectivity index (χ2n) is 6.93. The molecule has 5 heteroatoms. The van der Waals surface area contributed by atoms with Crippen LogP contribution in [0, 0.1) is 17.4 Å². The summed E-state index contributed by atoms with van der Waals surface area (Å²) >= 11 is 2.31. The molecule has 0 aliphatic heterocycles. The molecule has 4 nitrogen and oxygen atoms in total. The van der Waals surface area contributed by atoms with Crippen molar-refractivity contribution in [3.63, 3.8) is 0 Å². The Morgan fingerprint density at radius 3 is 2.15 bits per heavy atom. The molecule has 27 heavy (non-hydrogen) atoms. The molecule has 0 spiro atoms. The van der Waals surface area contributed by atoms with Gasteiger partial charge in [0.05, 0.1) is 0 Å². The van der Waals surface area contributed by atoms with Crippen molar-refractivity contribution in [3.05, 3.63) is 59.6 Å². The Labute approximate surface area is 175 Å². The second kappa shape index (κ2) is 9.04. The fraction of sp³-hybridized carbons (Fsp3) is 0.455. The van der Waals surface area contributed by atoms with Crippen molar-refractivity contribution in [1.82, 2.24) is 4.57 Å². The first-order valence-electron chi connectivity index (χ1n) is 9.58. The third-order valence-electron chi connectivity index (χ3n) is 5.29. The van der Waals surface area contributed by atoms with Gasteiger partial charge in [-0.2, -0.15) is 0 Å². The van der Waals surface area contributed by atoms with Crippen LogP contribution >= 0.6 is 22.6 Å². The topological polar surface area (TPSA) is 51.1 Å².